The summed E-state index contributed by atoms with van der Waals surface area (Å²) >= 11 is 0. The van der Waals surface area contributed by atoms with Gasteiger partial charge in [0.25, 0.3) is 5.91 Å². The largest absolute Gasteiger partial charge is 0.348 e. The minimum absolute atomic E-state index is 0.0441. The van der Waals surface area contributed by atoms with E-state index in [1.165, 1.54) is 16.8 Å². The number of hydrogen-bond acceptors (Lipinski definition) is 5. The van der Waals surface area contributed by atoms with E-state index in [0.717, 1.165) is 32.0 Å². The molecule has 1 amide bonds. The first-order valence-electron chi connectivity index (χ1n) is 8.62. The fourth-order valence-electron chi connectivity index (χ4n) is 3.10. The van der Waals surface area contributed by atoms with Gasteiger partial charge in [0.1, 0.15) is 11.6 Å². The standard InChI is InChI=1S/C17H22F2N6O/c18-13-7-12(8-14(19)9-13)10-24-4-1-15(2-5-24)21-17(26)16-11-25(6-3-20)23-22-16/h7-9,11,15H,1-6,10,20H2,(H,21,26). The zero-order valence-electron chi connectivity index (χ0n) is 14.4. The Labute approximate surface area is 150 Å². The number of halogens is 2. The van der Waals surface area contributed by atoms with Crippen LogP contribution >= 0.6 is 0 Å². The fraction of sp³-hybridized carbons (Fsp3) is 0.471. The number of aromatic nitrogens is 3. The second-order valence-corrected chi connectivity index (χ2v) is 6.46. The summed E-state index contributed by atoms with van der Waals surface area (Å²) in [4.78, 5) is 14.3. The van der Waals surface area contributed by atoms with E-state index in [-0.39, 0.29) is 17.6 Å². The van der Waals surface area contributed by atoms with E-state index < -0.39 is 11.6 Å². The summed E-state index contributed by atoms with van der Waals surface area (Å²) in [5.74, 6) is -1.38. The molecule has 9 heteroatoms. The number of carbonyl (C=O) groups is 1. The number of nitrogens with one attached hydrogen (secondary N) is 1. The Hall–Kier alpha value is -2.39. The Balaban J connectivity index is 1.47. The van der Waals surface area contributed by atoms with Gasteiger partial charge in [-0.1, -0.05) is 5.21 Å². The van der Waals surface area contributed by atoms with Crippen LogP contribution in [0.5, 0.6) is 0 Å². The van der Waals surface area contributed by atoms with Crippen LogP contribution in [0.1, 0.15) is 28.9 Å². The second-order valence-electron chi connectivity index (χ2n) is 6.46. The van der Waals surface area contributed by atoms with Crippen molar-refractivity contribution < 1.29 is 13.6 Å². The molecule has 0 aliphatic carbocycles. The van der Waals surface area contributed by atoms with Crippen molar-refractivity contribution in [2.75, 3.05) is 19.6 Å². The molecule has 3 rings (SSSR count). The highest BCUT2D eigenvalue weighted by Gasteiger charge is 2.22. The van der Waals surface area contributed by atoms with Crippen molar-refractivity contribution in [3.05, 3.63) is 47.3 Å². The van der Waals surface area contributed by atoms with Gasteiger partial charge in [-0.25, -0.2) is 8.78 Å². The topological polar surface area (TPSA) is 89.1 Å². The lowest BCUT2D eigenvalue weighted by Gasteiger charge is -2.32. The molecule has 1 aromatic heterocycles. The third kappa shape index (κ3) is 4.83. The van der Waals surface area contributed by atoms with E-state index in [9.17, 15) is 13.6 Å². The van der Waals surface area contributed by atoms with Crippen molar-refractivity contribution in [2.24, 2.45) is 5.73 Å². The van der Waals surface area contributed by atoms with E-state index in [0.29, 0.717) is 25.2 Å². The Morgan fingerprint density at radius 2 is 1.92 bits per heavy atom. The Morgan fingerprint density at radius 3 is 2.58 bits per heavy atom. The van der Waals surface area contributed by atoms with Gasteiger partial charge in [-0.3, -0.25) is 14.4 Å². The van der Waals surface area contributed by atoms with Gasteiger partial charge in [-0.15, -0.1) is 5.10 Å². The SMILES string of the molecule is NCCn1cc(C(=O)NC2CCN(Cc3cc(F)cc(F)c3)CC2)nn1. The number of rotatable bonds is 6. The fourth-order valence-corrected chi connectivity index (χ4v) is 3.10. The van der Waals surface area contributed by atoms with Gasteiger partial charge in [-0.2, -0.15) is 0 Å². The third-order valence-electron chi connectivity index (χ3n) is 4.38. The molecular formula is C17H22F2N6O. The monoisotopic (exact) mass is 364 g/mol. The van der Waals surface area contributed by atoms with Gasteiger partial charge in [-0.05, 0) is 30.5 Å². The molecule has 0 atom stereocenters. The van der Waals surface area contributed by atoms with Crippen LogP contribution in [0.3, 0.4) is 0 Å². The van der Waals surface area contributed by atoms with Crippen LogP contribution in [0.25, 0.3) is 0 Å². The molecular weight excluding hydrogens is 342 g/mol. The maximum Gasteiger partial charge on any atom is 0.273 e. The molecule has 140 valence electrons. The molecule has 1 saturated heterocycles. The molecule has 0 bridgehead atoms. The molecule has 1 aromatic carbocycles. The highest BCUT2D eigenvalue weighted by Crippen LogP contribution is 2.16. The molecule has 26 heavy (non-hydrogen) atoms. The summed E-state index contributed by atoms with van der Waals surface area (Å²) in [7, 11) is 0. The lowest BCUT2D eigenvalue weighted by Crippen LogP contribution is -2.44. The average Bonchev–Trinajstić information content (AvgIpc) is 3.05. The zero-order valence-corrected chi connectivity index (χ0v) is 14.4. The maximum absolute atomic E-state index is 13.3. The number of benzene rings is 1. The molecule has 0 saturated carbocycles. The van der Waals surface area contributed by atoms with Crippen molar-refractivity contribution in [3.8, 4) is 0 Å². The molecule has 0 spiro atoms. The molecule has 1 fully saturated rings. The van der Waals surface area contributed by atoms with Gasteiger partial charge >= 0.3 is 0 Å². The summed E-state index contributed by atoms with van der Waals surface area (Å²) in [5.41, 5.74) is 6.33. The van der Waals surface area contributed by atoms with Crippen molar-refractivity contribution in [3.63, 3.8) is 0 Å². The van der Waals surface area contributed by atoms with Gasteiger partial charge in [0.15, 0.2) is 5.69 Å². The minimum Gasteiger partial charge on any atom is -0.348 e. The molecule has 3 N–H and O–H groups in total. The highest BCUT2D eigenvalue weighted by molar-refractivity contribution is 5.92. The first-order chi connectivity index (χ1) is 12.5. The van der Waals surface area contributed by atoms with Crippen molar-refractivity contribution >= 4 is 5.91 Å². The van der Waals surface area contributed by atoms with Crippen LogP contribution in [0, 0.1) is 11.6 Å². The molecule has 2 heterocycles. The summed E-state index contributed by atoms with van der Waals surface area (Å²) < 4.78 is 28.1. The van der Waals surface area contributed by atoms with E-state index in [4.69, 9.17) is 5.73 Å². The van der Waals surface area contributed by atoms with E-state index >= 15 is 0 Å². The van der Waals surface area contributed by atoms with Crippen molar-refractivity contribution in [1.82, 2.24) is 25.2 Å². The number of nitrogens with zero attached hydrogens (tertiary/aromatic N) is 4. The second kappa shape index (κ2) is 8.33. The van der Waals surface area contributed by atoms with E-state index in [1.807, 2.05) is 0 Å². The van der Waals surface area contributed by atoms with Crippen LogP contribution in [0.4, 0.5) is 8.78 Å². The van der Waals surface area contributed by atoms with Crippen LogP contribution in [-0.4, -0.2) is 51.5 Å². The normalized spacial score (nSPS) is 16.0. The third-order valence-corrected chi connectivity index (χ3v) is 4.38. The number of hydrogen-bond donors (Lipinski definition) is 2. The summed E-state index contributed by atoms with van der Waals surface area (Å²) in [6.45, 7) is 2.91. The van der Waals surface area contributed by atoms with Crippen molar-refractivity contribution in [2.45, 2.75) is 32.0 Å². The average molecular weight is 364 g/mol. The van der Waals surface area contributed by atoms with Gasteiger partial charge < -0.3 is 11.1 Å². The van der Waals surface area contributed by atoms with Crippen molar-refractivity contribution in [1.29, 1.82) is 0 Å². The molecule has 0 unspecified atom stereocenters. The van der Waals surface area contributed by atoms with Gasteiger partial charge in [0.2, 0.25) is 0 Å². The lowest BCUT2D eigenvalue weighted by molar-refractivity contribution is 0.0903. The molecule has 7 nitrogen and oxygen atoms in total. The van der Waals surface area contributed by atoms with Crippen LogP contribution in [-0.2, 0) is 13.1 Å². The van der Waals surface area contributed by atoms with Crippen LogP contribution in [0.15, 0.2) is 24.4 Å². The smallest absolute Gasteiger partial charge is 0.273 e. The molecule has 0 radical (unpaired) electrons. The predicted molar refractivity (Wildman–Crippen MR) is 91.2 cm³/mol. The number of piperidine rings is 1. The maximum atomic E-state index is 13.3. The molecule has 2 aromatic rings. The minimum atomic E-state index is -0.565. The highest BCUT2D eigenvalue weighted by atomic mass is 19.1. The Kier molecular flexibility index (Phi) is 5.89. The summed E-state index contributed by atoms with van der Waals surface area (Å²) in [6, 6.07) is 3.61. The molecule has 1 aliphatic heterocycles. The summed E-state index contributed by atoms with van der Waals surface area (Å²) in [5, 5.41) is 10.7. The summed E-state index contributed by atoms with van der Waals surface area (Å²) in [6.07, 6.45) is 3.11. The van der Waals surface area contributed by atoms with Crippen LogP contribution in [0.2, 0.25) is 0 Å². The first-order valence-corrected chi connectivity index (χ1v) is 8.62. The quantitative estimate of drug-likeness (QED) is 0.795. The molecule has 1 aliphatic rings. The first kappa shape index (κ1) is 18.4. The predicted octanol–water partition coefficient (Wildman–Crippen LogP) is 0.909. The Morgan fingerprint density at radius 1 is 1.23 bits per heavy atom. The number of carbonyl (C=O) groups excluding carboxylic acids is 1. The zero-order chi connectivity index (χ0) is 18.5. The van der Waals surface area contributed by atoms with Gasteiger partial charge in [0.05, 0.1) is 12.7 Å². The number of nitrogens with two attached hydrogens (primary N) is 1. The number of likely N-dealkylation sites (tertiary alicyclic amines) is 1. The lowest BCUT2D eigenvalue weighted by atomic mass is 10.0. The van der Waals surface area contributed by atoms with Crippen LogP contribution < -0.4 is 11.1 Å². The van der Waals surface area contributed by atoms with E-state index in [2.05, 4.69) is 20.5 Å². The number of amides is 1. The van der Waals surface area contributed by atoms with Gasteiger partial charge in [0, 0.05) is 38.3 Å². The van der Waals surface area contributed by atoms with E-state index in [1.54, 1.807) is 6.20 Å². The Bertz CT molecular complexity index is 737.